The fraction of sp³-hybridized carbons (Fsp3) is 0.727. The van der Waals surface area contributed by atoms with Gasteiger partial charge in [0.15, 0.2) is 0 Å². The quantitative estimate of drug-likeness (QED) is 0.743. The van der Waals surface area contributed by atoms with E-state index in [2.05, 4.69) is 18.8 Å². The summed E-state index contributed by atoms with van der Waals surface area (Å²) in [6.07, 6.45) is 3.59. The van der Waals surface area contributed by atoms with Crippen molar-refractivity contribution < 1.29 is 9.84 Å². The molecular weight excluding hydrogens is 206 g/mol. The first kappa shape index (κ1) is 13.2. The van der Waals surface area contributed by atoms with E-state index in [-0.39, 0.29) is 18.7 Å². The maximum atomic E-state index is 9.42. The van der Waals surface area contributed by atoms with Crippen LogP contribution in [0.1, 0.15) is 31.6 Å². The zero-order chi connectivity index (χ0) is 12.1. The summed E-state index contributed by atoms with van der Waals surface area (Å²) >= 11 is 0. The summed E-state index contributed by atoms with van der Waals surface area (Å²) in [5.74, 6) is 1.24. The van der Waals surface area contributed by atoms with Crippen LogP contribution in [0.3, 0.4) is 0 Å². The van der Waals surface area contributed by atoms with Crippen molar-refractivity contribution in [1.29, 1.82) is 0 Å². The molecule has 5 nitrogen and oxygen atoms in total. The highest BCUT2D eigenvalue weighted by molar-refractivity contribution is 5.01. The van der Waals surface area contributed by atoms with Gasteiger partial charge in [0, 0.05) is 25.4 Å². The standard InChI is InChI=1S/C11H21N3O2/c1-8(2)11-13-4-5-14(11)10(6-15)9(12)7-16-3/h4-5,8-10,15H,6-7,12H2,1-3H3. The lowest BCUT2D eigenvalue weighted by Crippen LogP contribution is -2.38. The lowest BCUT2D eigenvalue weighted by Gasteiger charge is -2.25. The van der Waals surface area contributed by atoms with E-state index in [0.29, 0.717) is 12.5 Å². The predicted molar refractivity (Wildman–Crippen MR) is 62.3 cm³/mol. The van der Waals surface area contributed by atoms with E-state index in [1.165, 1.54) is 0 Å². The van der Waals surface area contributed by atoms with E-state index >= 15 is 0 Å². The number of aliphatic hydroxyl groups is 1. The van der Waals surface area contributed by atoms with E-state index in [1.807, 2.05) is 10.8 Å². The summed E-state index contributed by atoms with van der Waals surface area (Å²) < 4.78 is 6.95. The summed E-state index contributed by atoms with van der Waals surface area (Å²) in [6, 6.07) is -0.415. The molecule has 3 N–H and O–H groups in total. The number of aromatic nitrogens is 2. The number of imidazole rings is 1. The number of hydrogen-bond donors (Lipinski definition) is 2. The van der Waals surface area contributed by atoms with Gasteiger partial charge >= 0.3 is 0 Å². The Morgan fingerprint density at radius 3 is 2.75 bits per heavy atom. The van der Waals surface area contributed by atoms with Gasteiger partial charge in [-0.15, -0.1) is 0 Å². The Bertz CT molecular complexity index is 312. The molecular formula is C11H21N3O2. The average Bonchev–Trinajstić information content (AvgIpc) is 2.68. The minimum Gasteiger partial charge on any atom is -0.394 e. The van der Waals surface area contributed by atoms with Gasteiger partial charge < -0.3 is 20.1 Å². The Kier molecular flexibility index (Phi) is 4.92. The van der Waals surface area contributed by atoms with E-state index in [0.717, 1.165) is 5.82 Å². The molecule has 0 aliphatic rings. The van der Waals surface area contributed by atoms with Gasteiger partial charge in [0.25, 0.3) is 0 Å². The maximum Gasteiger partial charge on any atom is 0.111 e. The summed E-state index contributed by atoms with van der Waals surface area (Å²) in [5, 5.41) is 9.42. The van der Waals surface area contributed by atoms with Crippen molar-refractivity contribution in [3.05, 3.63) is 18.2 Å². The van der Waals surface area contributed by atoms with Gasteiger partial charge in [0.2, 0.25) is 0 Å². The minimum atomic E-state index is -0.235. The zero-order valence-electron chi connectivity index (χ0n) is 10.1. The summed E-state index contributed by atoms with van der Waals surface area (Å²) in [6.45, 7) is 4.53. The van der Waals surface area contributed by atoms with Crippen molar-refractivity contribution in [2.45, 2.75) is 31.8 Å². The number of methoxy groups -OCH3 is 1. The van der Waals surface area contributed by atoms with E-state index in [9.17, 15) is 5.11 Å². The molecule has 0 bridgehead atoms. The highest BCUT2D eigenvalue weighted by atomic mass is 16.5. The van der Waals surface area contributed by atoms with E-state index < -0.39 is 0 Å². The molecule has 5 heteroatoms. The van der Waals surface area contributed by atoms with Crippen molar-refractivity contribution in [3.8, 4) is 0 Å². The van der Waals surface area contributed by atoms with Gasteiger partial charge in [0.05, 0.1) is 25.3 Å². The largest absolute Gasteiger partial charge is 0.394 e. The third kappa shape index (κ3) is 2.81. The number of aliphatic hydroxyl groups excluding tert-OH is 1. The monoisotopic (exact) mass is 227 g/mol. The van der Waals surface area contributed by atoms with Crippen LogP contribution in [0.5, 0.6) is 0 Å². The molecule has 0 aliphatic heterocycles. The van der Waals surface area contributed by atoms with Crippen molar-refractivity contribution in [2.24, 2.45) is 5.73 Å². The maximum absolute atomic E-state index is 9.42. The Labute approximate surface area is 96.2 Å². The van der Waals surface area contributed by atoms with Crippen molar-refractivity contribution >= 4 is 0 Å². The summed E-state index contributed by atoms with van der Waals surface area (Å²) in [4.78, 5) is 4.28. The van der Waals surface area contributed by atoms with E-state index in [4.69, 9.17) is 10.5 Å². The molecule has 0 aliphatic carbocycles. The molecule has 1 aromatic heterocycles. The molecule has 0 aromatic carbocycles. The topological polar surface area (TPSA) is 73.3 Å². The van der Waals surface area contributed by atoms with Crippen LogP contribution in [0.25, 0.3) is 0 Å². The van der Waals surface area contributed by atoms with E-state index in [1.54, 1.807) is 13.3 Å². The van der Waals surface area contributed by atoms with Gasteiger partial charge in [-0.2, -0.15) is 0 Å². The van der Waals surface area contributed by atoms with Crippen LogP contribution in [0.2, 0.25) is 0 Å². The van der Waals surface area contributed by atoms with Crippen LogP contribution in [0.15, 0.2) is 12.4 Å². The van der Waals surface area contributed by atoms with Crippen LogP contribution in [0.4, 0.5) is 0 Å². The number of rotatable bonds is 6. The van der Waals surface area contributed by atoms with Crippen LogP contribution in [0, 0.1) is 0 Å². The molecule has 1 rings (SSSR count). The highest BCUT2D eigenvalue weighted by Gasteiger charge is 2.22. The molecule has 2 unspecified atom stereocenters. The van der Waals surface area contributed by atoms with Gasteiger partial charge in [0.1, 0.15) is 5.82 Å². The molecule has 0 saturated heterocycles. The lowest BCUT2D eigenvalue weighted by atomic mass is 10.1. The number of nitrogens with zero attached hydrogens (tertiary/aromatic N) is 2. The molecule has 0 fully saturated rings. The molecule has 0 saturated carbocycles. The van der Waals surface area contributed by atoms with Gasteiger partial charge in [-0.25, -0.2) is 4.98 Å². The normalized spacial score (nSPS) is 15.4. The van der Waals surface area contributed by atoms with Gasteiger partial charge in [-0.05, 0) is 0 Å². The lowest BCUT2D eigenvalue weighted by molar-refractivity contribution is 0.128. The molecule has 16 heavy (non-hydrogen) atoms. The van der Waals surface area contributed by atoms with Gasteiger partial charge in [-0.3, -0.25) is 0 Å². The number of ether oxygens (including phenoxy) is 1. The highest BCUT2D eigenvalue weighted by Crippen LogP contribution is 2.19. The molecule has 1 aromatic rings. The predicted octanol–water partition coefficient (Wildman–Crippen LogP) is 0.514. The fourth-order valence-electron chi connectivity index (χ4n) is 1.79. The van der Waals surface area contributed by atoms with Gasteiger partial charge in [-0.1, -0.05) is 13.8 Å². The van der Waals surface area contributed by atoms with Crippen molar-refractivity contribution in [1.82, 2.24) is 9.55 Å². The second-order valence-corrected chi connectivity index (χ2v) is 4.22. The molecule has 1 heterocycles. The molecule has 0 radical (unpaired) electrons. The number of hydrogen-bond acceptors (Lipinski definition) is 4. The smallest absolute Gasteiger partial charge is 0.111 e. The first-order valence-corrected chi connectivity index (χ1v) is 5.49. The van der Waals surface area contributed by atoms with Crippen LogP contribution in [-0.4, -0.2) is 41.0 Å². The van der Waals surface area contributed by atoms with Crippen LogP contribution in [-0.2, 0) is 4.74 Å². The molecule has 0 amide bonds. The summed E-state index contributed by atoms with van der Waals surface area (Å²) in [5.41, 5.74) is 5.97. The Morgan fingerprint density at radius 2 is 2.25 bits per heavy atom. The third-order valence-electron chi connectivity index (χ3n) is 2.61. The molecule has 0 spiro atoms. The third-order valence-corrected chi connectivity index (χ3v) is 2.61. The van der Waals surface area contributed by atoms with Crippen molar-refractivity contribution in [2.75, 3.05) is 20.3 Å². The first-order chi connectivity index (χ1) is 7.61. The second-order valence-electron chi connectivity index (χ2n) is 4.22. The Balaban J connectivity index is 2.90. The average molecular weight is 227 g/mol. The van der Waals surface area contributed by atoms with Crippen molar-refractivity contribution in [3.63, 3.8) is 0 Å². The zero-order valence-corrected chi connectivity index (χ0v) is 10.1. The minimum absolute atomic E-state index is 0.0133. The second kappa shape index (κ2) is 5.98. The van der Waals surface area contributed by atoms with Crippen LogP contribution < -0.4 is 5.73 Å². The molecule has 92 valence electrons. The fourth-order valence-corrected chi connectivity index (χ4v) is 1.79. The molecule has 2 atom stereocenters. The SMILES string of the molecule is COCC(N)C(CO)n1ccnc1C(C)C. The Morgan fingerprint density at radius 1 is 1.56 bits per heavy atom. The first-order valence-electron chi connectivity index (χ1n) is 5.49. The Hall–Kier alpha value is -0.910. The van der Waals surface area contributed by atoms with Crippen LogP contribution >= 0.6 is 0 Å². The summed E-state index contributed by atoms with van der Waals surface area (Å²) in [7, 11) is 1.60. The number of nitrogens with two attached hydrogens (primary N) is 1.